The van der Waals surface area contributed by atoms with Crippen LogP contribution in [0.1, 0.15) is 11.1 Å². The van der Waals surface area contributed by atoms with E-state index >= 15 is 0 Å². The smallest absolute Gasteiger partial charge is 0.0973 e. The summed E-state index contributed by atoms with van der Waals surface area (Å²) in [5.41, 5.74) is 9.29. The van der Waals surface area contributed by atoms with Gasteiger partial charge in [0, 0.05) is 23.2 Å². The van der Waals surface area contributed by atoms with Crippen molar-refractivity contribution < 1.29 is 0 Å². The monoisotopic (exact) mass is 360 g/mol. The Morgan fingerprint density at radius 1 is 0.500 bits per heavy atom. The molecule has 0 radical (unpaired) electrons. The number of aryl methyl sites for hydroxylation is 2. The highest BCUT2D eigenvalue weighted by molar-refractivity contribution is 6.14. The van der Waals surface area contributed by atoms with Crippen LogP contribution in [0.2, 0.25) is 0 Å². The van der Waals surface area contributed by atoms with E-state index in [1.807, 2.05) is 24.5 Å². The Morgan fingerprint density at radius 3 is 1.29 bits per heavy atom. The Morgan fingerprint density at radius 2 is 0.893 bits per heavy atom. The van der Waals surface area contributed by atoms with Crippen molar-refractivity contribution in [3.8, 4) is 22.3 Å². The van der Waals surface area contributed by atoms with Crippen LogP contribution >= 0.6 is 0 Å². The fourth-order valence-electron chi connectivity index (χ4n) is 4.13. The van der Waals surface area contributed by atoms with E-state index in [2.05, 4.69) is 74.5 Å². The zero-order chi connectivity index (χ0) is 19.1. The minimum absolute atomic E-state index is 0.970. The second-order valence-electron chi connectivity index (χ2n) is 7.15. The lowest BCUT2D eigenvalue weighted by atomic mass is 9.90. The Balaban J connectivity index is 1.93. The van der Waals surface area contributed by atoms with E-state index in [0.717, 1.165) is 11.0 Å². The molecular weight excluding hydrogens is 340 g/mol. The van der Waals surface area contributed by atoms with Crippen LogP contribution < -0.4 is 0 Å². The van der Waals surface area contributed by atoms with Gasteiger partial charge < -0.3 is 0 Å². The fraction of sp³-hybridized carbons (Fsp3) is 0.0769. The summed E-state index contributed by atoms with van der Waals surface area (Å²) >= 11 is 0. The van der Waals surface area contributed by atoms with Crippen molar-refractivity contribution in [1.82, 2.24) is 9.97 Å². The third-order valence-corrected chi connectivity index (χ3v) is 5.61. The Labute approximate surface area is 164 Å². The van der Waals surface area contributed by atoms with Crippen molar-refractivity contribution in [2.75, 3.05) is 0 Å². The molecule has 5 rings (SSSR count). The SMILES string of the molecule is Cc1c(C)c2c(-c3ccccc3)ccnc2c2nccc(-c3ccccc3)c12. The zero-order valence-corrected chi connectivity index (χ0v) is 16.0. The number of nitrogens with zero attached hydrogens (tertiary/aromatic N) is 2. The lowest BCUT2D eigenvalue weighted by molar-refractivity contribution is 1.33. The van der Waals surface area contributed by atoms with Gasteiger partial charge in [-0.25, -0.2) is 0 Å². The number of pyridine rings is 2. The molecule has 2 heteroatoms. The number of hydrogen-bond donors (Lipinski definition) is 0. The van der Waals surface area contributed by atoms with E-state index < -0.39 is 0 Å². The quantitative estimate of drug-likeness (QED) is 0.326. The lowest BCUT2D eigenvalue weighted by Crippen LogP contribution is -1.96. The maximum Gasteiger partial charge on any atom is 0.0973 e. The predicted octanol–water partition coefficient (Wildman–Crippen LogP) is 6.73. The van der Waals surface area contributed by atoms with Crippen LogP contribution in [0.4, 0.5) is 0 Å². The van der Waals surface area contributed by atoms with Gasteiger partial charge in [0.05, 0.1) is 11.0 Å². The molecular formula is C26H20N2. The van der Waals surface area contributed by atoms with Crippen molar-refractivity contribution in [1.29, 1.82) is 0 Å². The second-order valence-corrected chi connectivity index (χ2v) is 7.15. The van der Waals surface area contributed by atoms with Gasteiger partial charge >= 0.3 is 0 Å². The van der Waals surface area contributed by atoms with Gasteiger partial charge in [-0.05, 0) is 59.4 Å². The molecule has 0 aliphatic rings. The molecule has 3 aromatic carbocycles. The topological polar surface area (TPSA) is 25.8 Å². The first-order chi connectivity index (χ1) is 13.8. The summed E-state index contributed by atoms with van der Waals surface area (Å²) in [4.78, 5) is 9.54. The molecule has 2 heterocycles. The van der Waals surface area contributed by atoms with Crippen molar-refractivity contribution in [3.05, 3.63) is 96.3 Å². The van der Waals surface area contributed by atoms with Gasteiger partial charge in [-0.2, -0.15) is 0 Å². The van der Waals surface area contributed by atoms with Gasteiger partial charge in [-0.15, -0.1) is 0 Å². The first-order valence-corrected chi connectivity index (χ1v) is 9.53. The molecule has 0 aliphatic heterocycles. The standard InChI is InChI=1S/C26H20N2/c1-17-18(2)24-22(20-11-7-4-8-12-20)14-16-28-26(24)25-23(17)21(13-15-27-25)19-9-5-3-6-10-19/h3-16H,1-2H3. The van der Waals surface area contributed by atoms with Crippen LogP contribution in [0.25, 0.3) is 44.1 Å². The minimum Gasteiger partial charge on any atom is -0.254 e. The largest absolute Gasteiger partial charge is 0.254 e. The summed E-state index contributed by atoms with van der Waals surface area (Å²) in [5, 5.41) is 2.38. The molecule has 0 amide bonds. The minimum atomic E-state index is 0.970. The molecule has 0 bridgehead atoms. The molecule has 2 nitrogen and oxygen atoms in total. The van der Waals surface area contributed by atoms with Crippen LogP contribution in [0, 0.1) is 13.8 Å². The molecule has 0 unspecified atom stereocenters. The van der Waals surface area contributed by atoms with Crippen molar-refractivity contribution in [2.24, 2.45) is 0 Å². The molecule has 0 saturated heterocycles. The molecule has 0 atom stereocenters. The molecule has 2 aromatic heterocycles. The Kier molecular flexibility index (Phi) is 3.91. The lowest BCUT2D eigenvalue weighted by Gasteiger charge is -2.17. The summed E-state index contributed by atoms with van der Waals surface area (Å²) in [5.74, 6) is 0. The van der Waals surface area contributed by atoms with Crippen molar-refractivity contribution in [3.63, 3.8) is 0 Å². The van der Waals surface area contributed by atoms with Crippen LogP contribution in [0.5, 0.6) is 0 Å². The van der Waals surface area contributed by atoms with Gasteiger partial charge in [-0.1, -0.05) is 60.7 Å². The fourth-order valence-corrected chi connectivity index (χ4v) is 4.13. The number of hydrogen-bond acceptors (Lipinski definition) is 2. The average molecular weight is 360 g/mol. The summed E-state index contributed by atoms with van der Waals surface area (Å²) < 4.78 is 0. The third kappa shape index (κ3) is 2.49. The van der Waals surface area contributed by atoms with E-state index in [-0.39, 0.29) is 0 Å². The molecule has 0 saturated carbocycles. The van der Waals surface area contributed by atoms with Crippen LogP contribution in [-0.4, -0.2) is 9.97 Å². The van der Waals surface area contributed by atoms with E-state index in [4.69, 9.17) is 9.97 Å². The highest BCUT2D eigenvalue weighted by atomic mass is 14.7. The number of fused-ring (bicyclic) bond motifs is 3. The zero-order valence-electron chi connectivity index (χ0n) is 16.0. The van der Waals surface area contributed by atoms with Crippen molar-refractivity contribution >= 4 is 21.8 Å². The van der Waals surface area contributed by atoms with Gasteiger partial charge in [0.1, 0.15) is 0 Å². The predicted molar refractivity (Wildman–Crippen MR) is 117 cm³/mol. The summed E-state index contributed by atoms with van der Waals surface area (Å²) in [6.45, 7) is 4.40. The second kappa shape index (κ2) is 6.58. The van der Waals surface area contributed by atoms with Crippen LogP contribution in [0.3, 0.4) is 0 Å². The van der Waals surface area contributed by atoms with E-state index in [1.54, 1.807) is 0 Å². The first-order valence-electron chi connectivity index (χ1n) is 9.53. The van der Waals surface area contributed by atoms with Crippen LogP contribution in [0.15, 0.2) is 85.2 Å². The molecule has 134 valence electrons. The highest BCUT2D eigenvalue weighted by Crippen LogP contribution is 2.39. The van der Waals surface area contributed by atoms with E-state index in [0.29, 0.717) is 0 Å². The van der Waals surface area contributed by atoms with E-state index in [1.165, 1.54) is 44.2 Å². The van der Waals surface area contributed by atoms with E-state index in [9.17, 15) is 0 Å². The van der Waals surface area contributed by atoms with Gasteiger partial charge in [-0.3, -0.25) is 9.97 Å². The number of rotatable bonds is 2. The summed E-state index contributed by atoms with van der Waals surface area (Å²) in [6, 6.07) is 25.3. The van der Waals surface area contributed by atoms with Crippen molar-refractivity contribution in [2.45, 2.75) is 13.8 Å². The van der Waals surface area contributed by atoms with Gasteiger partial charge in [0.15, 0.2) is 0 Å². The Hall–Kier alpha value is -3.52. The summed E-state index contributed by atoms with van der Waals surface area (Å²) in [7, 11) is 0. The Bertz CT molecular complexity index is 1200. The molecule has 0 N–H and O–H groups in total. The van der Waals surface area contributed by atoms with Gasteiger partial charge in [0.2, 0.25) is 0 Å². The molecule has 28 heavy (non-hydrogen) atoms. The number of aromatic nitrogens is 2. The summed E-state index contributed by atoms with van der Waals surface area (Å²) in [6.07, 6.45) is 3.80. The molecule has 0 spiro atoms. The number of benzene rings is 3. The maximum atomic E-state index is 4.77. The van der Waals surface area contributed by atoms with Gasteiger partial charge in [0.25, 0.3) is 0 Å². The third-order valence-electron chi connectivity index (χ3n) is 5.61. The highest BCUT2D eigenvalue weighted by Gasteiger charge is 2.17. The van der Waals surface area contributed by atoms with Crippen LogP contribution in [-0.2, 0) is 0 Å². The molecule has 0 aliphatic carbocycles. The molecule has 5 aromatic rings. The average Bonchev–Trinajstić information content (AvgIpc) is 2.77. The molecule has 0 fully saturated rings. The normalized spacial score (nSPS) is 11.2. The first kappa shape index (κ1) is 16.6. The maximum absolute atomic E-state index is 4.77.